The van der Waals surface area contributed by atoms with Crippen LogP contribution >= 0.6 is 0 Å². The molecule has 4 rings (SSSR count). The first-order valence-corrected chi connectivity index (χ1v) is 8.73. The molecule has 0 radical (unpaired) electrons. The third-order valence-electron chi connectivity index (χ3n) is 4.61. The van der Waals surface area contributed by atoms with Crippen LogP contribution in [0.5, 0.6) is 0 Å². The van der Waals surface area contributed by atoms with Gasteiger partial charge in [-0.3, -0.25) is 24.7 Å². The van der Waals surface area contributed by atoms with Crippen molar-refractivity contribution in [1.29, 1.82) is 0 Å². The summed E-state index contributed by atoms with van der Waals surface area (Å²) in [6.45, 7) is 2.09. The van der Waals surface area contributed by atoms with E-state index in [9.17, 15) is 14.4 Å². The molecule has 1 aliphatic heterocycles. The van der Waals surface area contributed by atoms with Crippen LogP contribution in [0, 0.1) is 6.92 Å². The average molecular weight is 362 g/mol. The maximum atomic E-state index is 12.4. The Labute approximate surface area is 155 Å². The van der Waals surface area contributed by atoms with Gasteiger partial charge in [0.05, 0.1) is 22.2 Å². The van der Waals surface area contributed by atoms with E-state index in [2.05, 4.69) is 10.4 Å². The molecule has 2 heterocycles. The quantitative estimate of drug-likeness (QED) is 0.707. The summed E-state index contributed by atoms with van der Waals surface area (Å²) in [5.74, 6) is -0.790. The highest BCUT2D eigenvalue weighted by atomic mass is 16.2. The van der Waals surface area contributed by atoms with Crippen molar-refractivity contribution >= 4 is 28.8 Å². The fourth-order valence-electron chi connectivity index (χ4n) is 3.24. The third-order valence-corrected chi connectivity index (χ3v) is 4.61. The Hall–Kier alpha value is -3.48. The van der Waals surface area contributed by atoms with Crippen LogP contribution in [0.25, 0.3) is 11.0 Å². The van der Waals surface area contributed by atoms with E-state index in [1.807, 2.05) is 37.3 Å². The number of fused-ring (bicyclic) bond motifs is 2. The Balaban J connectivity index is 1.35. The Kier molecular flexibility index (Phi) is 4.19. The van der Waals surface area contributed by atoms with Gasteiger partial charge >= 0.3 is 0 Å². The molecule has 1 aliphatic rings. The molecule has 2 aromatic carbocycles. The maximum Gasteiger partial charge on any atom is 0.261 e. The average Bonchev–Trinajstić information content (AvgIpc) is 3.16. The number of para-hydroxylation sites is 2. The molecule has 0 atom stereocenters. The van der Waals surface area contributed by atoms with E-state index in [1.54, 1.807) is 23.1 Å². The van der Waals surface area contributed by atoms with Gasteiger partial charge in [0.15, 0.2) is 0 Å². The van der Waals surface area contributed by atoms with Gasteiger partial charge in [-0.15, -0.1) is 0 Å². The summed E-state index contributed by atoms with van der Waals surface area (Å²) in [5.41, 5.74) is 6.17. The predicted octanol–water partition coefficient (Wildman–Crippen LogP) is 2.49. The molecule has 3 amide bonds. The van der Waals surface area contributed by atoms with Crippen molar-refractivity contribution in [3.05, 3.63) is 65.5 Å². The molecule has 0 saturated carbocycles. The van der Waals surface area contributed by atoms with Crippen LogP contribution < -0.4 is 5.43 Å². The van der Waals surface area contributed by atoms with E-state index in [-0.39, 0.29) is 30.7 Å². The topological polar surface area (TPSA) is 84.3 Å². The molecular formula is C20H18N4O3. The van der Waals surface area contributed by atoms with Crippen molar-refractivity contribution in [2.45, 2.75) is 19.8 Å². The number of amides is 3. The number of carbonyl (C=O) groups is 3. The van der Waals surface area contributed by atoms with E-state index in [1.165, 1.54) is 4.90 Å². The van der Waals surface area contributed by atoms with Crippen LogP contribution in [0.2, 0.25) is 0 Å². The van der Waals surface area contributed by atoms with Gasteiger partial charge in [-0.2, -0.15) is 0 Å². The molecule has 0 unspecified atom stereocenters. The molecule has 0 spiro atoms. The van der Waals surface area contributed by atoms with E-state index in [0.717, 1.165) is 16.6 Å². The SMILES string of the molecule is Cc1ccc2c(c1)C(=O)N(CCCC(=O)Nn1cnc3ccccc31)C2=O. The monoisotopic (exact) mass is 362 g/mol. The van der Waals surface area contributed by atoms with Crippen LogP contribution in [0.1, 0.15) is 39.1 Å². The number of rotatable bonds is 5. The first-order valence-electron chi connectivity index (χ1n) is 8.73. The van der Waals surface area contributed by atoms with Crippen LogP contribution in [-0.2, 0) is 4.79 Å². The van der Waals surface area contributed by atoms with Crippen LogP contribution in [0.3, 0.4) is 0 Å². The minimum atomic E-state index is -0.295. The van der Waals surface area contributed by atoms with Crippen LogP contribution in [-0.4, -0.2) is 38.8 Å². The lowest BCUT2D eigenvalue weighted by Gasteiger charge is -2.13. The summed E-state index contributed by atoms with van der Waals surface area (Å²) in [6.07, 6.45) is 2.14. The van der Waals surface area contributed by atoms with Crippen molar-refractivity contribution in [1.82, 2.24) is 14.6 Å². The first-order chi connectivity index (χ1) is 13.0. The lowest BCUT2D eigenvalue weighted by molar-refractivity contribution is -0.117. The summed E-state index contributed by atoms with van der Waals surface area (Å²) < 4.78 is 1.57. The molecule has 1 aromatic heterocycles. The normalized spacial score (nSPS) is 13.3. The van der Waals surface area contributed by atoms with Gasteiger partial charge in [0.2, 0.25) is 5.91 Å². The van der Waals surface area contributed by atoms with E-state index in [4.69, 9.17) is 0 Å². The second kappa shape index (κ2) is 6.68. The lowest BCUT2D eigenvalue weighted by atomic mass is 10.1. The first kappa shape index (κ1) is 17.0. The molecule has 27 heavy (non-hydrogen) atoms. The highest BCUT2D eigenvalue weighted by Crippen LogP contribution is 2.24. The molecule has 7 heteroatoms. The number of imidazole rings is 1. The number of aromatic nitrogens is 2. The standard InChI is InChI=1S/C20H18N4O3/c1-13-8-9-14-15(11-13)20(27)23(19(14)26)10-4-7-18(25)22-24-12-21-16-5-2-3-6-17(16)24/h2-3,5-6,8-9,11-12H,4,7,10H2,1H3,(H,22,25). The Morgan fingerprint density at radius 3 is 2.70 bits per heavy atom. The fourth-order valence-corrected chi connectivity index (χ4v) is 3.24. The molecule has 1 N–H and O–H groups in total. The highest BCUT2D eigenvalue weighted by Gasteiger charge is 2.34. The molecule has 0 bridgehead atoms. The summed E-state index contributed by atoms with van der Waals surface area (Å²) in [4.78, 5) is 42.5. The molecule has 0 aliphatic carbocycles. The summed E-state index contributed by atoms with van der Waals surface area (Å²) in [6, 6.07) is 12.7. The summed E-state index contributed by atoms with van der Waals surface area (Å²) >= 11 is 0. The molecule has 0 fully saturated rings. The summed E-state index contributed by atoms with van der Waals surface area (Å²) in [7, 11) is 0. The number of benzene rings is 2. The second-order valence-corrected chi connectivity index (χ2v) is 6.55. The molecule has 0 saturated heterocycles. The summed E-state index contributed by atoms with van der Waals surface area (Å²) in [5, 5.41) is 0. The van der Waals surface area contributed by atoms with Crippen molar-refractivity contribution in [3.63, 3.8) is 0 Å². The largest absolute Gasteiger partial charge is 0.274 e. The second-order valence-electron chi connectivity index (χ2n) is 6.55. The number of nitrogens with one attached hydrogen (secondary N) is 1. The van der Waals surface area contributed by atoms with Crippen LogP contribution in [0.4, 0.5) is 0 Å². The van der Waals surface area contributed by atoms with E-state index < -0.39 is 0 Å². The third kappa shape index (κ3) is 3.08. The van der Waals surface area contributed by atoms with Gasteiger partial charge in [-0.1, -0.05) is 23.8 Å². The van der Waals surface area contributed by atoms with E-state index in [0.29, 0.717) is 17.5 Å². The lowest BCUT2D eigenvalue weighted by Crippen LogP contribution is -2.31. The number of aryl methyl sites for hydroxylation is 1. The zero-order valence-corrected chi connectivity index (χ0v) is 14.8. The minimum absolute atomic E-state index is 0.193. The molecule has 136 valence electrons. The van der Waals surface area contributed by atoms with Gasteiger partial charge in [0, 0.05) is 13.0 Å². The van der Waals surface area contributed by atoms with E-state index >= 15 is 0 Å². The Morgan fingerprint density at radius 2 is 1.85 bits per heavy atom. The molecule has 7 nitrogen and oxygen atoms in total. The van der Waals surface area contributed by atoms with Crippen molar-refractivity contribution in [2.75, 3.05) is 12.0 Å². The number of nitrogens with zero attached hydrogens (tertiary/aromatic N) is 3. The van der Waals surface area contributed by atoms with Crippen molar-refractivity contribution in [2.24, 2.45) is 0 Å². The van der Waals surface area contributed by atoms with Gasteiger partial charge in [0.1, 0.15) is 6.33 Å². The van der Waals surface area contributed by atoms with Crippen molar-refractivity contribution in [3.8, 4) is 0 Å². The van der Waals surface area contributed by atoms with Crippen LogP contribution in [0.15, 0.2) is 48.8 Å². The molecular weight excluding hydrogens is 344 g/mol. The predicted molar refractivity (Wildman–Crippen MR) is 99.9 cm³/mol. The van der Waals surface area contributed by atoms with Crippen molar-refractivity contribution < 1.29 is 14.4 Å². The van der Waals surface area contributed by atoms with Gasteiger partial charge < -0.3 is 0 Å². The van der Waals surface area contributed by atoms with Gasteiger partial charge in [0.25, 0.3) is 11.8 Å². The van der Waals surface area contributed by atoms with Gasteiger partial charge in [-0.05, 0) is 37.6 Å². The number of hydrogen-bond acceptors (Lipinski definition) is 4. The zero-order valence-electron chi connectivity index (χ0n) is 14.8. The van der Waals surface area contributed by atoms with Gasteiger partial charge in [-0.25, -0.2) is 9.66 Å². The maximum absolute atomic E-state index is 12.4. The Morgan fingerprint density at radius 1 is 1.07 bits per heavy atom. The Bertz CT molecular complexity index is 1070. The molecule has 3 aromatic rings. The minimum Gasteiger partial charge on any atom is -0.274 e. The zero-order chi connectivity index (χ0) is 19.0. The highest BCUT2D eigenvalue weighted by molar-refractivity contribution is 6.21. The fraction of sp³-hybridized carbons (Fsp3) is 0.200. The number of hydrogen-bond donors (Lipinski definition) is 1. The number of imide groups is 1. The smallest absolute Gasteiger partial charge is 0.261 e. The number of carbonyl (C=O) groups excluding carboxylic acids is 3.